The summed E-state index contributed by atoms with van der Waals surface area (Å²) in [7, 11) is 1.73. The Hall–Kier alpha value is -2.76. The molecule has 0 aliphatic carbocycles. The molecule has 0 unspecified atom stereocenters. The van der Waals surface area contributed by atoms with Crippen LogP contribution in [0.4, 0.5) is 10.5 Å². The molecule has 0 radical (unpaired) electrons. The van der Waals surface area contributed by atoms with Crippen molar-refractivity contribution >= 4 is 17.6 Å². The molecule has 0 bridgehead atoms. The van der Waals surface area contributed by atoms with Crippen LogP contribution < -0.4 is 10.2 Å². The lowest BCUT2D eigenvalue weighted by molar-refractivity contribution is 0.0775. The second-order valence-corrected chi connectivity index (χ2v) is 5.17. The van der Waals surface area contributed by atoms with Crippen molar-refractivity contribution in [3.05, 3.63) is 54.0 Å². The molecule has 1 fully saturated rings. The molecule has 1 aromatic heterocycles. The van der Waals surface area contributed by atoms with Crippen LogP contribution in [0.2, 0.25) is 0 Å². The minimum absolute atomic E-state index is 0.0891. The molecule has 114 valence electrons. The van der Waals surface area contributed by atoms with Crippen molar-refractivity contribution < 1.29 is 14.0 Å². The van der Waals surface area contributed by atoms with Gasteiger partial charge in [0.05, 0.1) is 12.8 Å². The average Bonchev–Trinajstić information content (AvgIpc) is 3.18. The van der Waals surface area contributed by atoms with Gasteiger partial charge < -0.3 is 14.6 Å². The lowest BCUT2D eigenvalue weighted by Crippen LogP contribution is -2.28. The van der Waals surface area contributed by atoms with Gasteiger partial charge in [0.2, 0.25) is 0 Å². The highest BCUT2D eigenvalue weighted by molar-refractivity contribution is 5.96. The van der Waals surface area contributed by atoms with Crippen molar-refractivity contribution in [2.45, 2.75) is 6.54 Å². The minimum atomic E-state index is -0.103. The Kier molecular flexibility index (Phi) is 3.82. The molecular weight excluding hydrogens is 282 g/mol. The van der Waals surface area contributed by atoms with Crippen LogP contribution in [-0.4, -0.2) is 37.0 Å². The molecule has 6 nitrogen and oxygen atoms in total. The van der Waals surface area contributed by atoms with Crippen LogP contribution in [0.3, 0.4) is 0 Å². The number of hydrogen-bond donors (Lipinski definition) is 1. The summed E-state index contributed by atoms with van der Waals surface area (Å²) in [5.41, 5.74) is 1.37. The van der Waals surface area contributed by atoms with Crippen LogP contribution in [0.1, 0.15) is 16.1 Å². The fraction of sp³-hybridized carbons (Fsp3) is 0.250. The maximum absolute atomic E-state index is 12.4. The van der Waals surface area contributed by atoms with E-state index in [1.807, 2.05) is 6.07 Å². The topological polar surface area (TPSA) is 65.8 Å². The number of urea groups is 1. The lowest BCUT2D eigenvalue weighted by Gasteiger charge is -2.17. The number of benzene rings is 1. The Morgan fingerprint density at radius 3 is 2.68 bits per heavy atom. The van der Waals surface area contributed by atoms with E-state index in [1.54, 1.807) is 53.4 Å². The SMILES string of the molecule is CN(Cc1ccco1)C(=O)c1ccc(N2CCNC2=O)cc1. The summed E-state index contributed by atoms with van der Waals surface area (Å²) in [6.07, 6.45) is 1.59. The van der Waals surface area contributed by atoms with Crippen molar-refractivity contribution in [2.24, 2.45) is 0 Å². The summed E-state index contributed by atoms with van der Waals surface area (Å²) < 4.78 is 5.24. The second-order valence-electron chi connectivity index (χ2n) is 5.17. The second kappa shape index (κ2) is 5.93. The summed E-state index contributed by atoms with van der Waals surface area (Å²) in [6.45, 7) is 1.71. The van der Waals surface area contributed by atoms with E-state index in [-0.39, 0.29) is 11.9 Å². The van der Waals surface area contributed by atoms with Gasteiger partial charge in [0.25, 0.3) is 5.91 Å². The summed E-state index contributed by atoms with van der Waals surface area (Å²) in [4.78, 5) is 27.2. The fourth-order valence-electron chi connectivity index (χ4n) is 2.43. The van der Waals surface area contributed by atoms with E-state index in [4.69, 9.17) is 4.42 Å². The predicted octanol–water partition coefficient (Wildman–Crippen LogP) is 2.08. The van der Waals surface area contributed by atoms with E-state index in [9.17, 15) is 9.59 Å². The molecule has 0 spiro atoms. The van der Waals surface area contributed by atoms with Crippen LogP contribution in [-0.2, 0) is 6.54 Å². The van der Waals surface area contributed by atoms with Gasteiger partial charge in [-0.1, -0.05) is 0 Å². The number of hydrogen-bond acceptors (Lipinski definition) is 3. The molecule has 1 aromatic carbocycles. The van der Waals surface area contributed by atoms with E-state index in [2.05, 4.69) is 5.32 Å². The molecule has 3 amide bonds. The summed E-state index contributed by atoms with van der Waals surface area (Å²) in [6, 6.07) is 10.6. The van der Waals surface area contributed by atoms with Crippen LogP contribution >= 0.6 is 0 Å². The predicted molar refractivity (Wildman–Crippen MR) is 81.7 cm³/mol. The standard InChI is InChI=1S/C16H17N3O3/c1-18(11-14-3-2-10-22-14)15(20)12-4-6-13(7-5-12)19-9-8-17-16(19)21/h2-7,10H,8-9,11H2,1H3,(H,17,21). The summed E-state index contributed by atoms with van der Waals surface area (Å²) in [5.74, 6) is 0.648. The van der Waals surface area contributed by atoms with Crippen molar-refractivity contribution in [1.29, 1.82) is 0 Å². The number of rotatable bonds is 4. The first-order chi connectivity index (χ1) is 10.6. The Morgan fingerprint density at radius 1 is 1.32 bits per heavy atom. The number of nitrogens with zero attached hydrogens (tertiary/aromatic N) is 2. The number of amides is 3. The third-order valence-electron chi connectivity index (χ3n) is 3.60. The van der Waals surface area contributed by atoms with Gasteiger partial charge in [-0.15, -0.1) is 0 Å². The van der Waals surface area contributed by atoms with Crippen molar-refractivity contribution in [2.75, 3.05) is 25.0 Å². The number of carbonyl (C=O) groups is 2. The average molecular weight is 299 g/mol. The van der Waals surface area contributed by atoms with Crippen LogP contribution in [0, 0.1) is 0 Å². The maximum Gasteiger partial charge on any atom is 0.321 e. The molecule has 22 heavy (non-hydrogen) atoms. The smallest absolute Gasteiger partial charge is 0.321 e. The van der Waals surface area contributed by atoms with Crippen molar-refractivity contribution in [3.8, 4) is 0 Å². The zero-order valence-corrected chi connectivity index (χ0v) is 12.3. The molecule has 2 aromatic rings. The molecule has 1 aliphatic rings. The Morgan fingerprint density at radius 2 is 2.09 bits per heavy atom. The highest BCUT2D eigenvalue weighted by atomic mass is 16.3. The van der Waals surface area contributed by atoms with E-state index in [1.165, 1.54) is 0 Å². The molecule has 6 heteroatoms. The van der Waals surface area contributed by atoms with E-state index in [0.717, 1.165) is 11.4 Å². The zero-order valence-electron chi connectivity index (χ0n) is 12.3. The first-order valence-electron chi connectivity index (χ1n) is 7.08. The van der Waals surface area contributed by atoms with Gasteiger partial charge in [0, 0.05) is 31.4 Å². The number of furan rings is 1. The maximum atomic E-state index is 12.4. The Labute approximate surface area is 128 Å². The van der Waals surface area contributed by atoms with Crippen LogP contribution in [0.25, 0.3) is 0 Å². The first kappa shape index (κ1) is 14.2. The first-order valence-corrected chi connectivity index (χ1v) is 7.08. The summed E-state index contributed by atoms with van der Waals surface area (Å²) >= 11 is 0. The molecule has 1 saturated heterocycles. The Bertz CT molecular complexity index is 664. The zero-order chi connectivity index (χ0) is 15.5. The molecule has 3 rings (SSSR count). The van der Waals surface area contributed by atoms with E-state index < -0.39 is 0 Å². The summed E-state index contributed by atoms with van der Waals surface area (Å²) in [5, 5.41) is 2.75. The van der Waals surface area contributed by atoms with E-state index >= 15 is 0 Å². The molecule has 1 N–H and O–H groups in total. The molecule has 1 aliphatic heterocycles. The fourth-order valence-corrected chi connectivity index (χ4v) is 2.43. The largest absolute Gasteiger partial charge is 0.467 e. The van der Waals surface area contributed by atoms with Crippen molar-refractivity contribution in [1.82, 2.24) is 10.2 Å². The Balaban J connectivity index is 1.69. The molecule has 2 heterocycles. The molecule has 0 saturated carbocycles. The van der Waals surface area contributed by atoms with Crippen molar-refractivity contribution in [3.63, 3.8) is 0 Å². The van der Waals surface area contributed by atoms with Gasteiger partial charge in [0.1, 0.15) is 5.76 Å². The minimum Gasteiger partial charge on any atom is -0.467 e. The van der Waals surface area contributed by atoms with Gasteiger partial charge in [-0.25, -0.2) is 4.79 Å². The number of nitrogens with one attached hydrogen (secondary N) is 1. The highest BCUT2D eigenvalue weighted by Crippen LogP contribution is 2.18. The number of carbonyl (C=O) groups excluding carboxylic acids is 2. The third-order valence-corrected chi connectivity index (χ3v) is 3.60. The highest BCUT2D eigenvalue weighted by Gasteiger charge is 2.21. The van der Waals surface area contributed by atoms with Gasteiger partial charge in [-0.3, -0.25) is 9.69 Å². The van der Waals surface area contributed by atoms with Gasteiger partial charge in [-0.2, -0.15) is 0 Å². The van der Waals surface area contributed by atoms with Crippen LogP contribution in [0.15, 0.2) is 47.1 Å². The third kappa shape index (κ3) is 2.81. The normalized spacial score (nSPS) is 14.0. The van der Waals surface area contributed by atoms with Gasteiger partial charge >= 0.3 is 6.03 Å². The lowest BCUT2D eigenvalue weighted by atomic mass is 10.1. The van der Waals surface area contributed by atoms with Crippen LogP contribution in [0.5, 0.6) is 0 Å². The monoisotopic (exact) mass is 299 g/mol. The molecular formula is C16H17N3O3. The molecule has 0 atom stereocenters. The quantitative estimate of drug-likeness (QED) is 0.940. The number of anilines is 1. The van der Waals surface area contributed by atoms with E-state index in [0.29, 0.717) is 25.2 Å². The van der Waals surface area contributed by atoms with Gasteiger partial charge in [-0.05, 0) is 36.4 Å². The van der Waals surface area contributed by atoms with Gasteiger partial charge in [0.15, 0.2) is 0 Å².